The standard InChI is InChI=1S/C27H27NO3.C20H21NO3/c29-25(24-16-14-23(15-17-24)22-12-6-2-7-13-22)28-27(18-8-3-9-19-27)26(30)31-20-21-10-4-1-5-11-21;22-18(21-20(19(23)24)13-5-2-6-14-20)17-11-9-16(10-12-17)15-7-3-1-4-8-15/h1-2,4-7,10-17H,3,8-9,18-20H2,(H,28,29);1,3-4,7-12H,2,5-6,13-14H2,(H,21,22)(H,23,24). The average Bonchev–Trinajstić information content (AvgIpc) is 3.24. The Hall–Kier alpha value is -6.02. The minimum Gasteiger partial charge on any atom is -0.480 e. The van der Waals surface area contributed by atoms with Gasteiger partial charge in [-0.25, -0.2) is 9.59 Å². The number of aliphatic carboxylic acids is 1. The minimum atomic E-state index is -1.12. The zero-order valence-corrected chi connectivity index (χ0v) is 31.0. The number of carbonyl (C=O) groups is 4. The monoisotopic (exact) mass is 736 g/mol. The molecule has 8 nitrogen and oxygen atoms in total. The van der Waals surface area contributed by atoms with Gasteiger partial charge in [-0.2, -0.15) is 0 Å². The van der Waals surface area contributed by atoms with Crippen LogP contribution >= 0.6 is 0 Å². The zero-order chi connectivity index (χ0) is 38.5. The first-order valence-corrected chi connectivity index (χ1v) is 19.2. The fourth-order valence-corrected chi connectivity index (χ4v) is 7.41. The van der Waals surface area contributed by atoms with E-state index in [4.69, 9.17) is 4.74 Å². The third-order valence-electron chi connectivity index (χ3n) is 10.6. The molecule has 2 aliphatic rings. The Morgan fingerprint density at radius 3 is 1.25 bits per heavy atom. The largest absolute Gasteiger partial charge is 0.480 e. The topological polar surface area (TPSA) is 122 Å². The number of hydrogen-bond acceptors (Lipinski definition) is 5. The molecule has 5 aromatic rings. The number of amides is 2. The minimum absolute atomic E-state index is 0.211. The van der Waals surface area contributed by atoms with Gasteiger partial charge in [0.15, 0.2) is 0 Å². The lowest BCUT2D eigenvalue weighted by Crippen LogP contribution is -2.56. The number of ether oxygens (including phenoxy) is 1. The quantitative estimate of drug-likeness (QED) is 0.123. The average molecular weight is 737 g/mol. The molecular formula is C47H48N2O6. The molecule has 0 saturated heterocycles. The van der Waals surface area contributed by atoms with E-state index in [0.29, 0.717) is 36.8 Å². The molecule has 282 valence electrons. The van der Waals surface area contributed by atoms with Crippen molar-refractivity contribution < 1.29 is 29.0 Å². The molecule has 0 aromatic heterocycles. The Morgan fingerprint density at radius 1 is 0.473 bits per heavy atom. The maximum atomic E-state index is 13.1. The van der Waals surface area contributed by atoms with Crippen molar-refractivity contribution in [1.29, 1.82) is 0 Å². The second-order valence-electron chi connectivity index (χ2n) is 14.4. The van der Waals surface area contributed by atoms with Gasteiger partial charge in [-0.15, -0.1) is 0 Å². The van der Waals surface area contributed by atoms with Gasteiger partial charge in [0.1, 0.15) is 17.7 Å². The van der Waals surface area contributed by atoms with Crippen molar-refractivity contribution in [2.24, 2.45) is 0 Å². The molecule has 0 spiro atoms. The molecule has 2 amide bonds. The molecule has 0 heterocycles. The Kier molecular flexibility index (Phi) is 12.9. The van der Waals surface area contributed by atoms with E-state index < -0.39 is 17.0 Å². The van der Waals surface area contributed by atoms with Gasteiger partial charge < -0.3 is 20.5 Å². The molecule has 0 unspecified atom stereocenters. The molecule has 2 fully saturated rings. The van der Waals surface area contributed by atoms with Crippen molar-refractivity contribution in [3.05, 3.63) is 156 Å². The first-order valence-electron chi connectivity index (χ1n) is 19.2. The molecule has 7 rings (SSSR count). The molecule has 5 aromatic carbocycles. The smallest absolute Gasteiger partial charge is 0.332 e. The first kappa shape index (κ1) is 38.7. The van der Waals surface area contributed by atoms with Crippen molar-refractivity contribution in [2.75, 3.05) is 0 Å². The van der Waals surface area contributed by atoms with Crippen LogP contribution in [0.2, 0.25) is 0 Å². The summed E-state index contributed by atoms with van der Waals surface area (Å²) in [4.78, 5) is 50.3. The lowest BCUT2D eigenvalue weighted by atomic mass is 9.81. The van der Waals surface area contributed by atoms with Crippen LogP contribution in [0.4, 0.5) is 0 Å². The first-order chi connectivity index (χ1) is 26.8. The number of esters is 1. The van der Waals surface area contributed by atoms with E-state index in [1.165, 1.54) is 0 Å². The van der Waals surface area contributed by atoms with E-state index >= 15 is 0 Å². The summed E-state index contributed by atoms with van der Waals surface area (Å²) in [5.41, 5.74) is 4.15. The van der Waals surface area contributed by atoms with E-state index in [0.717, 1.165) is 66.3 Å². The van der Waals surface area contributed by atoms with Gasteiger partial charge in [-0.3, -0.25) is 9.59 Å². The highest BCUT2D eigenvalue weighted by atomic mass is 16.5. The maximum Gasteiger partial charge on any atom is 0.332 e. The lowest BCUT2D eigenvalue weighted by molar-refractivity contribution is -0.154. The summed E-state index contributed by atoms with van der Waals surface area (Å²) in [6.45, 7) is 0.211. The molecule has 2 saturated carbocycles. The molecule has 0 atom stereocenters. The van der Waals surface area contributed by atoms with Gasteiger partial charge in [0.05, 0.1) is 0 Å². The normalized spacial score (nSPS) is 15.6. The Labute approximate surface area is 323 Å². The van der Waals surface area contributed by atoms with E-state index in [9.17, 15) is 24.3 Å². The Morgan fingerprint density at radius 2 is 0.836 bits per heavy atom. The van der Waals surface area contributed by atoms with Crippen LogP contribution in [0, 0.1) is 0 Å². The van der Waals surface area contributed by atoms with Crippen LogP contribution in [-0.2, 0) is 20.9 Å². The summed E-state index contributed by atoms with van der Waals surface area (Å²) in [6, 6.07) is 44.3. The molecular weight excluding hydrogens is 689 g/mol. The number of carbonyl (C=O) groups excluding carboxylic acids is 3. The second-order valence-corrected chi connectivity index (χ2v) is 14.4. The highest BCUT2D eigenvalue weighted by Gasteiger charge is 2.43. The van der Waals surface area contributed by atoms with Gasteiger partial charge >= 0.3 is 11.9 Å². The Balaban J connectivity index is 0.000000193. The van der Waals surface area contributed by atoms with Gasteiger partial charge in [0, 0.05) is 11.1 Å². The number of carboxylic acid groups (broad SMARTS) is 1. The summed E-state index contributed by atoms with van der Waals surface area (Å²) in [6.07, 6.45) is 7.75. The number of rotatable bonds is 10. The van der Waals surface area contributed by atoms with Crippen LogP contribution in [-0.4, -0.2) is 39.9 Å². The van der Waals surface area contributed by atoms with Crippen LogP contribution in [0.1, 0.15) is 90.5 Å². The predicted octanol–water partition coefficient (Wildman–Crippen LogP) is 9.40. The molecule has 55 heavy (non-hydrogen) atoms. The van der Waals surface area contributed by atoms with Gasteiger partial charge in [0.25, 0.3) is 11.8 Å². The van der Waals surface area contributed by atoms with E-state index in [1.807, 2.05) is 127 Å². The number of hydrogen-bond donors (Lipinski definition) is 3. The van der Waals surface area contributed by atoms with Gasteiger partial charge in [-0.05, 0) is 77.8 Å². The van der Waals surface area contributed by atoms with Crippen molar-refractivity contribution in [1.82, 2.24) is 10.6 Å². The second kappa shape index (κ2) is 18.3. The highest BCUT2D eigenvalue weighted by Crippen LogP contribution is 2.31. The number of nitrogens with one attached hydrogen (secondary N) is 2. The maximum absolute atomic E-state index is 13.1. The molecule has 0 aliphatic heterocycles. The SMILES string of the molecule is O=C(NC1(C(=O)O)CCCCC1)c1ccc(-c2ccccc2)cc1.O=C(NC1(C(=O)OCc2ccccc2)CCCCC1)c1ccc(-c2ccccc2)cc1. The summed E-state index contributed by atoms with van der Waals surface area (Å²) >= 11 is 0. The molecule has 3 N–H and O–H groups in total. The van der Waals surface area contributed by atoms with Crippen molar-refractivity contribution in [3.8, 4) is 22.3 Å². The number of carboxylic acids is 1. The fourth-order valence-electron chi connectivity index (χ4n) is 7.41. The van der Waals surface area contributed by atoms with Crippen LogP contribution < -0.4 is 10.6 Å². The zero-order valence-electron chi connectivity index (χ0n) is 31.0. The molecule has 8 heteroatoms. The van der Waals surface area contributed by atoms with E-state index in [2.05, 4.69) is 10.6 Å². The van der Waals surface area contributed by atoms with E-state index in [1.54, 1.807) is 12.1 Å². The third-order valence-corrected chi connectivity index (χ3v) is 10.6. The third kappa shape index (κ3) is 9.95. The predicted molar refractivity (Wildman–Crippen MR) is 214 cm³/mol. The van der Waals surface area contributed by atoms with Crippen molar-refractivity contribution >= 4 is 23.8 Å². The summed E-state index contributed by atoms with van der Waals surface area (Å²) in [5.74, 6) is -1.83. The van der Waals surface area contributed by atoms with Crippen LogP contribution in [0.25, 0.3) is 22.3 Å². The van der Waals surface area contributed by atoms with Crippen molar-refractivity contribution in [2.45, 2.75) is 81.9 Å². The highest BCUT2D eigenvalue weighted by molar-refractivity contribution is 5.99. The molecule has 2 aliphatic carbocycles. The van der Waals surface area contributed by atoms with Crippen LogP contribution in [0.3, 0.4) is 0 Å². The van der Waals surface area contributed by atoms with Gasteiger partial charge in [0.2, 0.25) is 0 Å². The Bertz CT molecular complexity index is 2020. The van der Waals surface area contributed by atoms with Crippen LogP contribution in [0.5, 0.6) is 0 Å². The summed E-state index contributed by atoms with van der Waals surface area (Å²) in [7, 11) is 0. The summed E-state index contributed by atoms with van der Waals surface area (Å²) in [5, 5.41) is 15.4. The van der Waals surface area contributed by atoms with Gasteiger partial charge in [-0.1, -0.05) is 154 Å². The molecule has 0 bridgehead atoms. The van der Waals surface area contributed by atoms with E-state index in [-0.39, 0.29) is 24.4 Å². The number of benzene rings is 5. The molecule has 0 radical (unpaired) electrons. The fraction of sp³-hybridized carbons (Fsp3) is 0.277. The van der Waals surface area contributed by atoms with Crippen molar-refractivity contribution in [3.63, 3.8) is 0 Å². The summed E-state index contributed by atoms with van der Waals surface area (Å²) < 4.78 is 5.63. The lowest BCUT2D eigenvalue weighted by Gasteiger charge is -2.35. The van der Waals surface area contributed by atoms with Crippen LogP contribution in [0.15, 0.2) is 140 Å².